The van der Waals surface area contributed by atoms with Crippen molar-refractivity contribution in [1.82, 2.24) is 14.8 Å². The highest BCUT2D eigenvalue weighted by Gasteiger charge is 2.31. The minimum Gasteiger partial charge on any atom is -0.368 e. The first-order chi connectivity index (χ1) is 14.6. The molecule has 2 atom stereocenters. The molecule has 0 spiro atoms. The summed E-state index contributed by atoms with van der Waals surface area (Å²) in [6.45, 7) is 7.06. The molecule has 2 saturated heterocycles. The van der Waals surface area contributed by atoms with Crippen molar-refractivity contribution in [3.63, 3.8) is 0 Å². The minimum atomic E-state index is -0.345. The van der Waals surface area contributed by atoms with Crippen molar-refractivity contribution in [3.05, 3.63) is 58.7 Å². The number of carbonyl (C=O) groups is 1. The molecular weight excluding hydrogens is 442 g/mol. The van der Waals surface area contributed by atoms with E-state index in [1.54, 1.807) is 0 Å². The Bertz CT molecular complexity index is 823. The molecule has 0 saturated carbocycles. The number of primary amides is 1. The van der Waals surface area contributed by atoms with Crippen molar-refractivity contribution in [2.75, 3.05) is 50.7 Å². The molecule has 1 aromatic carbocycles. The average Bonchev–Trinajstić information content (AvgIpc) is 2.77. The summed E-state index contributed by atoms with van der Waals surface area (Å²) in [5.41, 5.74) is 6.81. The quantitative estimate of drug-likeness (QED) is 0.701. The van der Waals surface area contributed by atoms with E-state index >= 15 is 0 Å². The molecule has 0 bridgehead atoms. The maximum atomic E-state index is 12.3. The summed E-state index contributed by atoms with van der Waals surface area (Å²) in [5.74, 6) is 1.37. The molecule has 2 aliphatic rings. The van der Waals surface area contributed by atoms with Gasteiger partial charge in [-0.05, 0) is 55.1 Å². The van der Waals surface area contributed by atoms with Gasteiger partial charge in [-0.2, -0.15) is 0 Å². The molecule has 2 unspecified atom stereocenters. The lowest BCUT2D eigenvalue weighted by Gasteiger charge is -2.41. The monoisotopic (exact) mass is 471 g/mol. The summed E-state index contributed by atoms with van der Waals surface area (Å²) in [4.78, 5) is 24.0. The van der Waals surface area contributed by atoms with Crippen LogP contribution in [0.5, 0.6) is 0 Å². The predicted octanol–water partition coefficient (Wildman–Crippen LogP) is 2.90. The molecule has 0 aliphatic carbocycles. The van der Waals surface area contributed by atoms with Gasteiger partial charge in [0.1, 0.15) is 11.9 Å². The van der Waals surface area contributed by atoms with Crippen LogP contribution in [-0.4, -0.2) is 66.5 Å². The first kappa shape index (κ1) is 21.3. The highest BCUT2D eigenvalue weighted by molar-refractivity contribution is 9.10. The first-order valence-corrected chi connectivity index (χ1v) is 11.6. The Labute approximate surface area is 187 Å². The van der Waals surface area contributed by atoms with Gasteiger partial charge in [-0.3, -0.25) is 14.6 Å². The Kier molecular flexibility index (Phi) is 7.02. The van der Waals surface area contributed by atoms with E-state index in [4.69, 9.17) is 5.73 Å². The zero-order valence-electron chi connectivity index (χ0n) is 17.3. The topological polar surface area (TPSA) is 65.7 Å². The molecule has 0 radical (unpaired) electrons. The second kappa shape index (κ2) is 9.90. The largest absolute Gasteiger partial charge is 0.368 e. The molecule has 6 nitrogen and oxygen atoms in total. The van der Waals surface area contributed by atoms with Crippen LogP contribution in [0.15, 0.2) is 53.1 Å². The Morgan fingerprint density at radius 2 is 1.87 bits per heavy atom. The molecule has 2 N–H and O–H groups in total. The number of likely N-dealkylation sites (tertiary alicyclic amines) is 1. The number of amides is 1. The van der Waals surface area contributed by atoms with E-state index < -0.39 is 0 Å². The first-order valence-electron chi connectivity index (χ1n) is 10.8. The van der Waals surface area contributed by atoms with Crippen LogP contribution < -0.4 is 10.6 Å². The molecule has 4 rings (SSSR count). The van der Waals surface area contributed by atoms with Crippen LogP contribution >= 0.6 is 15.9 Å². The van der Waals surface area contributed by atoms with Gasteiger partial charge in [0.2, 0.25) is 5.91 Å². The number of nitrogens with two attached hydrogens (primary N) is 1. The molecule has 1 amide bonds. The number of piperazine rings is 1. The van der Waals surface area contributed by atoms with E-state index in [1.165, 1.54) is 6.42 Å². The second-order valence-corrected chi connectivity index (χ2v) is 9.25. The number of hydrogen-bond donors (Lipinski definition) is 1. The van der Waals surface area contributed by atoms with Gasteiger partial charge in [-0.15, -0.1) is 0 Å². The van der Waals surface area contributed by atoms with Gasteiger partial charge in [-0.1, -0.05) is 34.1 Å². The molecule has 7 heteroatoms. The summed E-state index contributed by atoms with van der Waals surface area (Å²) in [5, 5.41) is 0. The van der Waals surface area contributed by atoms with Crippen LogP contribution in [0.3, 0.4) is 0 Å². The van der Waals surface area contributed by atoms with Crippen LogP contribution in [-0.2, 0) is 4.79 Å². The van der Waals surface area contributed by atoms with E-state index in [-0.39, 0.29) is 11.9 Å². The normalized spacial score (nSPS) is 22.0. The fourth-order valence-corrected chi connectivity index (χ4v) is 5.01. The standard InChI is InChI=1S/C23H30BrN5O/c24-20-8-6-19(7-9-20)22(23(25)30)29-11-3-4-18(17-29)16-27-12-14-28(15-13-27)21-5-1-2-10-26-21/h1-2,5-10,18,22H,3-4,11-17H2,(H2,25,30). The van der Waals surface area contributed by atoms with Gasteiger partial charge in [0, 0.05) is 49.9 Å². The fourth-order valence-electron chi connectivity index (χ4n) is 4.75. The van der Waals surface area contributed by atoms with Crippen molar-refractivity contribution < 1.29 is 4.79 Å². The molecule has 2 fully saturated rings. The number of carbonyl (C=O) groups excluding carboxylic acids is 1. The van der Waals surface area contributed by atoms with Gasteiger partial charge < -0.3 is 10.6 Å². The van der Waals surface area contributed by atoms with Crippen LogP contribution in [0.2, 0.25) is 0 Å². The van der Waals surface area contributed by atoms with Gasteiger partial charge in [0.15, 0.2) is 0 Å². The average molecular weight is 472 g/mol. The van der Waals surface area contributed by atoms with Crippen LogP contribution in [0.25, 0.3) is 0 Å². The van der Waals surface area contributed by atoms with Gasteiger partial charge in [0.25, 0.3) is 0 Å². The van der Waals surface area contributed by atoms with E-state index in [0.717, 1.165) is 68.1 Å². The molecule has 160 valence electrons. The zero-order valence-corrected chi connectivity index (χ0v) is 18.9. The third kappa shape index (κ3) is 5.20. The number of halogens is 1. The summed E-state index contributed by atoms with van der Waals surface area (Å²) in [7, 11) is 0. The highest BCUT2D eigenvalue weighted by atomic mass is 79.9. The van der Waals surface area contributed by atoms with Gasteiger partial charge in [-0.25, -0.2) is 4.98 Å². The molecule has 1 aromatic heterocycles. The predicted molar refractivity (Wildman–Crippen MR) is 123 cm³/mol. The summed E-state index contributed by atoms with van der Waals surface area (Å²) >= 11 is 3.47. The maximum Gasteiger partial charge on any atom is 0.239 e. The van der Waals surface area contributed by atoms with Crippen molar-refractivity contribution in [1.29, 1.82) is 0 Å². The zero-order chi connectivity index (χ0) is 20.9. The number of nitrogens with zero attached hydrogens (tertiary/aromatic N) is 4. The van der Waals surface area contributed by atoms with Crippen LogP contribution in [0, 0.1) is 5.92 Å². The molecule has 30 heavy (non-hydrogen) atoms. The minimum absolute atomic E-state index is 0.262. The fraction of sp³-hybridized carbons (Fsp3) is 0.478. The maximum absolute atomic E-state index is 12.3. The lowest BCUT2D eigenvalue weighted by atomic mass is 9.93. The molecule has 2 aliphatic heterocycles. The Hall–Kier alpha value is -1.96. The van der Waals surface area contributed by atoms with E-state index in [1.807, 2.05) is 42.6 Å². The second-order valence-electron chi connectivity index (χ2n) is 8.34. The Morgan fingerprint density at radius 3 is 2.53 bits per heavy atom. The third-order valence-electron chi connectivity index (χ3n) is 6.23. The van der Waals surface area contributed by atoms with Crippen molar-refractivity contribution >= 4 is 27.7 Å². The van der Waals surface area contributed by atoms with Crippen molar-refractivity contribution in [2.24, 2.45) is 11.7 Å². The number of benzene rings is 1. The van der Waals surface area contributed by atoms with Gasteiger partial charge in [0.05, 0.1) is 0 Å². The van der Waals surface area contributed by atoms with Crippen LogP contribution in [0.4, 0.5) is 5.82 Å². The molecule has 2 aromatic rings. The molecular formula is C23H30BrN5O. The number of rotatable bonds is 6. The smallest absolute Gasteiger partial charge is 0.239 e. The Balaban J connectivity index is 1.34. The van der Waals surface area contributed by atoms with E-state index in [0.29, 0.717) is 5.92 Å². The number of pyridine rings is 1. The summed E-state index contributed by atoms with van der Waals surface area (Å²) in [6.07, 6.45) is 4.18. The third-order valence-corrected chi connectivity index (χ3v) is 6.76. The lowest BCUT2D eigenvalue weighted by molar-refractivity contribution is -0.124. The number of anilines is 1. The number of piperidine rings is 1. The van der Waals surface area contributed by atoms with E-state index in [9.17, 15) is 4.79 Å². The summed E-state index contributed by atoms with van der Waals surface area (Å²) < 4.78 is 1.01. The SMILES string of the molecule is NC(=O)C(c1ccc(Br)cc1)N1CCCC(CN2CCN(c3ccccn3)CC2)C1. The number of aromatic nitrogens is 1. The Morgan fingerprint density at radius 1 is 1.10 bits per heavy atom. The lowest BCUT2D eigenvalue weighted by Crippen LogP contribution is -2.50. The van der Waals surface area contributed by atoms with Gasteiger partial charge >= 0.3 is 0 Å². The van der Waals surface area contributed by atoms with Crippen molar-refractivity contribution in [2.45, 2.75) is 18.9 Å². The number of hydrogen-bond acceptors (Lipinski definition) is 5. The van der Waals surface area contributed by atoms with Crippen molar-refractivity contribution in [3.8, 4) is 0 Å². The van der Waals surface area contributed by atoms with Crippen LogP contribution in [0.1, 0.15) is 24.4 Å². The highest BCUT2D eigenvalue weighted by Crippen LogP contribution is 2.28. The summed E-state index contributed by atoms with van der Waals surface area (Å²) in [6, 6.07) is 13.7. The molecule has 3 heterocycles. The van der Waals surface area contributed by atoms with E-state index in [2.05, 4.69) is 41.7 Å².